The average molecular weight is 548 g/mol. The van der Waals surface area contributed by atoms with Gasteiger partial charge in [-0.2, -0.15) is 26.3 Å². The largest absolute Gasteiger partial charge is 0.496 e. The molecule has 0 heterocycles. The Morgan fingerprint density at radius 1 is 0.632 bits per heavy atom. The fraction of sp³-hybridized carbons (Fsp3) is 0.167. The number of nitrogens with one attached hydrogen (secondary N) is 2. The SMILES string of the molecule is COc1cc(-c2ccc(NC(=O)C(F)(F)F)c(F)c2)c(OC)cc1-c1ccc(NC(=O)C(F)(F)F)c(F)c1. The molecule has 0 radical (unpaired) electrons. The number of halogens is 8. The number of hydrogen-bond acceptors (Lipinski definition) is 4. The van der Waals surface area contributed by atoms with E-state index in [1.807, 2.05) is 0 Å². The van der Waals surface area contributed by atoms with Crippen molar-refractivity contribution in [3.05, 3.63) is 60.2 Å². The van der Waals surface area contributed by atoms with E-state index in [4.69, 9.17) is 9.47 Å². The second-order valence-corrected chi connectivity index (χ2v) is 7.55. The van der Waals surface area contributed by atoms with E-state index >= 15 is 0 Å². The molecule has 3 aromatic carbocycles. The first kappa shape index (κ1) is 28.2. The molecule has 2 amide bonds. The Morgan fingerprint density at radius 3 is 1.24 bits per heavy atom. The van der Waals surface area contributed by atoms with Crippen LogP contribution in [-0.4, -0.2) is 38.4 Å². The van der Waals surface area contributed by atoms with Gasteiger partial charge in [0.2, 0.25) is 0 Å². The lowest BCUT2D eigenvalue weighted by molar-refractivity contribution is -0.167. The van der Waals surface area contributed by atoms with E-state index in [9.17, 15) is 44.7 Å². The Hall–Kier alpha value is -4.36. The molecular weight excluding hydrogens is 532 g/mol. The monoisotopic (exact) mass is 548 g/mol. The lowest BCUT2D eigenvalue weighted by atomic mass is 9.97. The summed E-state index contributed by atoms with van der Waals surface area (Å²) < 4.78 is 114. The van der Waals surface area contributed by atoms with E-state index in [2.05, 4.69) is 0 Å². The number of ether oxygens (including phenoxy) is 2. The molecule has 0 unspecified atom stereocenters. The van der Waals surface area contributed by atoms with Crippen molar-refractivity contribution in [1.29, 1.82) is 0 Å². The molecule has 14 heteroatoms. The summed E-state index contributed by atoms with van der Waals surface area (Å²) >= 11 is 0. The fourth-order valence-corrected chi connectivity index (χ4v) is 3.30. The molecule has 3 rings (SSSR count). The van der Waals surface area contributed by atoms with Crippen LogP contribution in [0, 0.1) is 11.6 Å². The van der Waals surface area contributed by atoms with E-state index in [1.165, 1.54) is 49.1 Å². The van der Waals surface area contributed by atoms with E-state index in [1.54, 1.807) is 0 Å². The van der Waals surface area contributed by atoms with Gasteiger partial charge < -0.3 is 20.1 Å². The van der Waals surface area contributed by atoms with Gasteiger partial charge in [0.1, 0.15) is 23.1 Å². The maximum Gasteiger partial charge on any atom is 0.471 e. The highest BCUT2D eigenvalue weighted by Gasteiger charge is 2.39. The van der Waals surface area contributed by atoms with Crippen LogP contribution in [0.4, 0.5) is 46.5 Å². The topological polar surface area (TPSA) is 76.7 Å². The summed E-state index contributed by atoms with van der Waals surface area (Å²) in [5.74, 6) is -6.90. The summed E-state index contributed by atoms with van der Waals surface area (Å²) in [5.41, 5.74) is -0.791. The van der Waals surface area contributed by atoms with Crippen LogP contribution in [0.15, 0.2) is 48.5 Å². The predicted molar refractivity (Wildman–Crippen MR) is 120 cm³/mol. The number of hydrogen-bond donors (Lipinski definition) is 2. The molecule has 0 aliphatic heterocycles. The maximum absolute atomic E-state index is 14.5. The zero-order valence-electron chi connectivity index (χ0n) is 19.3. The van der Waals surface area contributed by atoms with E-state index in [0.717, 1.165) is 24.3 Å². The Labute approximate surface area is 209 Å². The quantitative estimate of drug-likeness (QED) is 0.354. The van der Waals surface area contributed by atoms with Crippen molar-refractivity contribution in [3.8, 4) is 33.8 Å². The molecule has 0 atom stereocenters. The molecule has 2 N–H and O–H groups in total. The van der Waals surface area contributed by atoms with Crippen molar-refractivity contribution >= 4 is 23.2 Å². The molecule has 0 saturated heterocycles. The Balaban J connectivity index is 2.00. The Kier molecular flexibility index (Phi) is 7.84. The van der Waals surface area contributed by atoms with Gasteiger partial charge in [-0.15, -0.1) is 0 Å². The first-order valence-electron chi connectivity index (χ1n) is 10.3. The second-order valence-electron chi connectivity index (χ2n) is 7.55. The van der Waals surface area contributed by atoms with Crippen LogP contribution in [0.1, 0.15) is 0 Å². The minimum atomic E-state index is -5.22. The third kappa shape index (κ3) is 6.12. The van der Waals surface area contributed by atoms with Crippen LogP contribution in [0.3, 0.4) is 0 Å². The average Bonchev–Trinajstić information content (AvgIpc) is 2.84. The lowest BCUT2D eigenvalue weighted by Gasteiger charge is -2.17. The summed E-state index contributed by atoms with van der Waals surface area (Å²) in [4.78, 5) is 22.2. The third-order valence-corrected chi connectivity index (χ3v) is 5.09. The molecule has 0 aromatic heterocycles. The summed E-state index contributed by atoms with van der Waals surface area (Å²) in [6.45, 7) is 0. The number of carbonyl (C=O) groups is 2. The molecule has 6 nitrogen and oxygen atoms in total. The van der Waals surface area contributed by atoms with E-state index in [0.29, 0.717) is 0 Å². The Bertz CT molecular complexity index is 1280. The molecule has 202 valence electrons. The number of amides is 2. The molecule has 38 heavy (non-hydrogen) atoms. The van der Waals surface area contributed by atoms with Crippen molar-refractivity contribution in [2.24, 2.45) is 0 Å². The van der Waals surface area contributed by atoms with Crippen LogP contribution in [0.2, 0.25) is 0 Å². The summed E-state index contributed by atoms with van der Waals surface area (Å²) in [6.07, 6.45) is -10.4. The summed E-state index contributed by atoms with van der Waals surface area (Å²) in [5, 5.41) is 2.84. The normalized spacial score (nSPS) is 11.6. The smallest absolute Gasteiger partial charge is 0.471 e. The van der Waals surface area contributed by atoms with Gasteiger partial charge in [-0.1, -0.05) is 12.1 Å². The van der Waals surface area contributed by atoms with Crippen LogP contribution in [0.25, 0.3) is 22.3 Å². The third-order valence-electron chi connectivity index (χ3n) is 5.09. The maximum atomic E-state index is 14.5. The van der Waals surface area contributed by atoms with Crippen LogP contribution < -0.4 is 20.1 Å². The number of rotatable bonds is 6. The zero-order valence-corrected chi connectivity index (χ0v) is 19.3. The van der Waals surface area contributed by atoms with Gasteiger partial charge >= 0.3 is 24.2 Å². The van der Waals surface area contributed by atoms with Gasteiger partial charge in [0.25, 0.3) is 0 Å². The molecule has 0 spiro atoms. The van der Waals surface area contributed by atoms with Crippen LogP contribution >= 0.6 is 0 Å². The van der Waals surface area contributed by atoms with Crippen LogP contribution in [0.5, 0.6) is 11.5 Å². The number of anilines is 2. The first-order valence-corrected chi connectivity index (χ1v) is 10.3. The Morgan fingerprint density at radius 2 is 0.974 bits per heavy atom. The van der Waals surface area contributed by atoms with Crippen molar-refractivity contribution in [1.82, 2.24) is 0 Å². The number of methoxy groups -OCH3 is 2. The lowest BCUT2D eigenvalue weighted by Crippen LogP contribution is -2.30. The molecule has 0 saturated carbocycles. The zero-order chi connectivity index (χ0) is 28.4. The van der Waals surface area contributed by atoms with Gasteiger partial charge in [0.05, 0.1) is 25.6 Å². The second kappa shape index (κ2) is 10.6. The van der Waals surface area contributed by atoms with Gasteiger partial charge in [-0.05, 0) is 47.5 Å². The van der Waals surface area contributed by atoms with Gasteiger partial charge in [0, 0.05) is 11.1 Å². The standard InChI is InChI=1S/C24H16F8N2O4/c1-37-19-9-14(12-4-6-18(16(26)8-12)34-22(36)24(30,31)32)20(38-2)10-13(19)11-3-5-17(15(25)7-11)33-21(35)23(27,28)29/h3-10H,1-2H3,(H,33,35)(H,34,36). The number of carbonyl (C=O) groups excluding carboxylic acids is 2. The minimum Gasteiger partial charge on any atom is -0.496 e. The van der Waals surface area contributed by atoms with Gasteiger partial charge in [-0.25, -0.2) is 8.78 Å². The fourth-order valence-electron chi connectivity index (χ4n) is 3.30. The van der Waals surface area contributed by atoms with Gasteiger partial charge in [-0.3, -0.25) is 9.59 Å². The highest BCUT2D eigenvalue weighted by Crippen LogP contribution is 2.42. The van der Waals surface area contributed by atoms with Crippen molar-refractivity contribution in [2.75, 3.05) is 24.9 Å². The molecule has 0 bridgehead atoms. The van der Waals surface area contributed by atoms with Gasteiger partial charge in [0.15, 0.2) is 0 Å². The predicted octanol–water partition coefficient (Wildman–Crippen LogP) is 6.32. The van der Waals surface area contributed by atoms with E-state index in [-0.39, 0.29) is 33.8 Å². The highest BCUT2D eigenvalue weighted by atomic mass is 19.4. The molecule has 0 aliphatic carbocycles. The number of alkyl halides is 6. The molecule has 3 aromatic rings. The molecular formula is C24H16F8N2O4. The molecule has 0 aliphatic rings. The molecule has 0 fully saturated rings. The van der Waals surface area contributed by atoms with E-state index < -0.39 is 47.2 Å². The summed E-state index contributed by atoms with van der Waals surface area (Å²) in [6, 6.07) is 8.66. The van der Waals surface area contributed by atoms with Crippen molar-refractivity contribution in [2.45, 2.75) is 12.4 Å². The number of benzene rings is 3. The summed E-state index contributed by atoms with van der Waals surface area (Å²) in [7, 11) is 2.50. The minimum absolute atomic E-state index is 0.0853. The van der Waals surface area contributed by atoms with Crippen molar-refractivity contribution in [3.63, 3.8) is 0 Å². The highest BCUT2D eigenvalue weighted by molar-refractivity contribution is 5.96. The first-order chi connectivity index (χ1) is 17.6. The van der Waals surface area contributed by atoms with Crippen molar-refractivity contribution < 1.29 is 54.2 Å². The van der Waals surface area contributed by atoms with Crippen LogP contribution in [-0.2, 0) is 9.59 Å².